The zero-order valence-electron chi connectivity index (χ0n) is 16.7. The first-order chi connectivity index (χ1) is 14.7. The monoisotopic (exact) mass is 465 g/mol. The number of nitrogens with zero attached hydrogens (tertiary/aromatic N) is 2. The molecule has 0 spiro atoms. The highest BCUT2D eigenvalue weighted by atomic mass is 35.5. The number of sulfonamides is 1. The molecule has 31 heavy (non-hydrogen) atoms. The quantitative estimate of drug-likeness (QED) is 0.687. The third-order valence-electron chi connectivity index (χ3n) is 4.92. The molecule has 0 aromatic heterocycles. The Hall–Kier alpha value is -2.75. The second-order valence-corrected chi connectivity index (χ2v) is 9.15. The molecular weight excluding hydrogens is 445 g/mol. The van der Waals surface area contributed by atoms with Gasteiger partial charge in [-0.2, -0.15) is 0 Å². The summed E-state index contributed by atoms with van der Waals surface area (Å²) in [5, 5.41) is 0.0555. The summed E-state index contributed by atoms with van der Waals surface area (Å²) < 4.78 is 38.9. The molecule has 0 unspecified atom stereocenters. The van der Waals surface area contributed by atoms with Gasteiger partial charge in [0.15, 0.2) is 0 Å². The summed E-state index contributed by atoms with van der Waals surface area (Å²) in [5.74, 6) is -1.02. The average Bonchev–Trinajstić information content (AvgIpc) is 2.77. The van der Waals surface area contributed by atoms with E-state index >= 15 is 0 Å². The lowest BCUT2D eigenvalue weighted by Crippen LogP contribution is -2.50. The normalized spacial score (nSPS) is 14.8. The van der Waals surface area contributed by atoms with Crippen molar-refractivity contribution >= 4 is 39.5 Å². The lowest BCUT2D eigenvalue weighted by molar-refractivity contribution is -0.127. The van der Waals surface area contributed by atoms with Gasteiger partial charge < -0.3 is 9.80 Å². The van der Waals surface area contributed by atoms with Crippen molar-refractivity contribution in [1.82, 2.24) is 14.5 Å². The van der Waals surface area contributed by atoms with Crippen molar-refractivity contribution in [1.29, 1.82) is 0 Å². The summed E-state index contributed by atoms with van der Waals surface area (Å²) in [5.41, 5.74) is 0.912. The zero-order chi connectivity index (χ0) is 22.6. The molecule has 1 fully saturated rings. The van der Waals surface area contributed by atoms with Crippen LogP contribution in [0.25, 0.3) is 6.08 Å². The number of rotatable bonds is 5. The molecule has 7 nitrogen and oxygen atoms in total. The molecule has 0 atom stereocenters. The van der Waals surface area contributed by atoms with Gasteiger partial charge in [0.25, 0.3) is 5.91 Å². The van der Waals surface area contributed by atoms with Gasteiger partial charge in [-0.05, 0) is 49.0 Å². The Labute approximate surface area is 185 Å². The van der Waals surface area contributed by atoms with Gasteiger partial charge in [0.05, 0.1) is 15.5 Å². The second-order valence-electron chi connectivity index (χ2n) is 6.85. The molecule has 1 saturated heterocycles. The van der Waals surface area contributed by atoms with Crippen LogP contribution in [-0.2, 0) is 14.8 Å². The molecule has 1 heterocycles. The van der Waals surface area contributed by atoms with Crippen molar-refractivity contribution in [3.63, 3.8) is 0 Å². The van der Waals surface area contributed by atoms with Gasteiger partial charge in [-0.3, -0.25) is 9.59 Å². The summed E-state index contributed by atoms with van der Waals surface area (Å²) >= 11 is 5.97. The van der Waals surface area contributed by atoms with Crippen LogP contribution in [0.2, 0.25) is 5.02 Å². The number of benzene rings is 2. The Morgan fingerprint density at radius 1 is 1.03 bits per heavy atom. The van der Waals surface area contributed by atoms with Gasteiger partial charge in [-0.15, -0.1) is 0 Å². The van der Waals surface area contributed by atoms with Crippen LogP contribution in [0.4, 0.5) is 4.39 Å². The maximum Gasteiger partial charge on any atom is 0.255 e. The molecule has 2 amide bonds. The molecule has 10 heteroatoms. The lowest BCUT2D eigenvalue weighted by Gasteiger charge is -2.34. The number of hydrogen-bond acceptors (Lipinski definition) is 4. The van der Waals surface area contributed by atoms with Crippen LogP contribution < -0.4 is 4.72 Å². The van der Waals surface area contributed by atoms with Gasteiger partial charge in [0, 0.05) is 32.3 Å². The Bertz CT molecular complexity index is 1110. The summed E-state index contributed by atoms with van der Waals surface area (Å²) in [6, 6.07) is 9.77. The van der Waals surface area contributed by atoms with Crippen molar-refractivity contribution in [2.45, 2.75) is 4.90 Å². The Morgan fingerprint density at radius 3 is 2.23 bits per heavy atom. The number of amides is 2. The highest BCUT2D eigenvalue weighted by Crippen LogP contribution is 2.20. The van der Waals surface area contributed by atoms with E-state index < -0.39 is 15.8 Å². The van der Waals surface area contributed by atoms with Crippen molar-refractivity contribution in [2.24, 2.45) is 0 Å². The summed E-state index contributed by atoms with van der Waals surface area (Å²) in [6.07, 6.45) is 3.02. The highest BCUT2D eigenvalue weighted by molar-refractivity contribution is 7.89. The van der Waals surface area contributed by atoms with E-state index in [1.54, 1.807) is 28.0 Å². The maximum atomic E-state index is 13.2. The third kappa shape index (κ3) is 5.49. The maximum absolute atomic E-state index is 13.2. The number of hydrogen-bond donors (Lipinski definition) is 1. The smallest absolute Gasteiger partial charge is 0.255 e. The van der Waals surface area contributed by atoms with Gasteiger partial charge in [0.2, 0.25) is 15.9 Å². The molecule has 2 aromatic carbocycles. The van der Waals surface area contributed by atoms with E-state index in [9.17, 15) is 22.4 Å². The highest BCUT2D eigenvalue weighted by Gasteiger charge is 2.25. The summed E-state index contributed by atoms with van der Waals surface area (Å²) in [4.78, 5) is 28.4. The molecule has 1 N–H and O–H groups in total. The fourth-order valence-corrected chi connectivity index (χ4v) is 4.09. The molecule has 164 valence electrons. The van der Waals surface area contributed by atoms with Crippen LogP contribution in [-0.4, -0.2) is 63.3 Å². The number of halogens is 2. The van der Waals surface area contributed by atoms with E-state index in [2.05, 4.69) is 4.72 Å². The number of carbonyl (C=O) groups is 2. The summed E-state index contributed by atoms with van der Waals surface area (Å²) in [6.45, 7) is 1.38. The van der Waals surface area contributed by atoms with Crippen molar-refractivity contribution in [2.75, 3.05) is 33.2 Å². The Balaban J connectivity index is 1.57. The van der Waals surface area contributed by atoms with Gasteiger partial charge in [0.1, 0.15) is 5.82 Å². The van der Waals surface area contributed by atoms with Crippen LogP contribution in [0.1, 0.15) is 15.9 Å². The number of nitrogens with one attached hydrogen (secondary N) is 1. The van der Waals surface area contributed by atoms with Crippen LogP contribution in [0, 0.1) is 5.82 Å². The van der Waals surface area contributed by atoms with Crippen LogP contribution in [0.3, 0.4) is 0 Å². The van der Waals surface area contributed by atoms with E-state index in [1.165, 1.54) is 37.4 Å². The predicted octanol–water partition coefficient (Wildman–Crippen LogP) is 2.38. The average molecular weight is 466 g/mol. The molecule has 0 bridgehead atoms. The predicted molar refractivity (Wildman–Crippen MR) is 116 cm³/mol. The third-order valence-corrected chi connectivity index (χ3v) is 6.66. The zero-order valence-corrected chi connectivity index (χ0v) is 18.3. The van der Waals surface area contributed by atoms with E-state index in [4.69, 9.17) is 11.6 Å². The molecular formula is C21H21ClFN3O4S. The first kappa shape index (κ1) is 22.9. The molecule has 0 aliphatic carbocycles. The molecule has 0 radical (unpaired) electrons. The first-order valence-corrected chi connectivity index (χ1v) is 11.3. The van der Waals surface area contributed by atoms with Crippen LogP contribution >= 0.6 is 11.6 Å². The minimum atomic E-state index is -3.51. The van der Waals surface area contributed by atoms with Gasteiger partial charge in [-0.1, -0.05) is 23.7 Å². The second kappa shape index (κ2) is 9.59. The van der Waals surface area contributed by atoms with Crippen molar-refractivity contribution in [3.8, 4) is 0 Å². The van der Waals surface area contributed by atoms with Crippen LogP contribution in [0.15, 0.2) is 53.4 Å². The SMILES string of the molecule is CNS(=O)(=O)c1ccc(/C=C/C(=O)N2CCN(C(=O)c3ccc(F)cc3Cl)CC2)cc1. The van der Waals surface area contributed by atoms with Crippen LogP contribution in [0.5, 0.6) is 0 Å². The first-order valence-electron chi connectivity index (χ1n) is 9.46. The fourth-order valence-electron chi connectivity index (χ4n) is 3.11. The fraction of sp³-hybridized carbons (Fsp3) is 0.238. The molecule has 3 rings (SSSR count). The van der Waals surface area contributed by atoms with E-state index in [0.29, 0.717) is 31.7 Å². The molecule has 1 aliphatic heterocycles. The largest absolute Gasteiger partial charge is 0.336 e. The van der Waals surface area contributed by atoms with E-state index in [0.717, 1.165) is 6.07 Å². The Kier molecular flexibility index (Phi) is 7.09. The molecule has 0 saturated carbocycles. The summed E-state index contributed by atoms with van der Waals surface area (Å²) in [7, 11) is -2.17. The van der Waals surface area contributed by atoms with E-state index in [1.807, 2.05) is 0 Å². The standard InChI is InChI=1S/C21H21ClFN3O4S/c1-24-31(29,30)17-6-2-15(3-7-17)4-9-20(27)25-10-12-26(13-11-25)21(28)18-8-5-16(23)14-19(18)22/h2-9,14,24H,10-13H2,1H3/b9-4+. The number of piperazine rings is 1. The van der Waals surface area contributed by atoms with Crippen molar-refractivity contribution < 1.29 is 22.4 Å². The van der Waals surface area contributed by atoms with E-state index in [-0.39, 0.29) is 27.3 Å². The minimum Gasteiger partial charge on any atom is -0.336 e. The van der Waals surface area contributed by atoms with Gasteiger partial charge >= 0.3 is 0 Å². The lowest BCUT2D eigenvalue weighted by atomic mass is 10.1. The number of carbonyl (C=O) groups excluding carboxylic acids is 2. The molecule has 1 aliphatic rings. The molecule has 2 aromatic rings. The minimum absolute atomic E-state index is 0.0555. The Morgan fingerprint density at radius 2 is 1.65 bits per heavy atom. The van der Waals surface area contributed by atoms with Gasteiger partial charge in [-0.25, -0.2) is 17.5 Å². The topological polar surface area (TPSA) is 86.8 Å². The van der Waals surface area contributed by atoms with Crippen molar-refractivity contribution in [3.05, 3.63) is 70.5 Å².